The van der Waals surface area contributed by atoms with Crippen molar-refractivity contribution >= 4 is 22.6 Å². The van der Waals surface area contributed by atoms with Gasteiger partial charge in [0.25, 0.3) is 0 Å². The van der Waals surface area contributed by atoms with Crippen LogP contribution in [-0.2, 0) is 0 Å². The molecule has 2 aliphatic heterocycles. The normalized spacial score (nSPS) is 16.5. The van der Waals surface area contributed by atoms with Gasteiger partial charge in [0.05, 0.1) is 11.4 Å². The van der Waals surface area contributed by atoms with Gasteiger partial charge in [-0.05, 0) is 68.3 Å². The van der Waals surface area contributed by atoms with Crippen molar-refractivity contribution < 1.29 is 4.39 Å². The SMILES string of the molecule is C=CN1c2ccc(F)cc2C(=C)c2c(NCCN3CCCCC3)ccc(C)c21. The third-order valence-corrected chi connectivity index (χ3v) is 5.84. The fourth-order valence-corrected chi connectivity index (χ4v) is 4.40. The first-order valence-electron chi connectivity index (χ1n) is 10.1. The smallest absolute Gasteiger partial charge is 0.123 e. The molecular weight excluding hydrogens is 349 g/mol. The molecule has 0 aromatic heterocycles. The molecule has 0 radical (unpaired) electrons. The highest BCUT2D eigenvalue weighted by molar-refractivity contribution is 6.02. The Morgan fingerprint density at radius 2 is 1.93 bits per heavy atom. The second-order valence-corrected chi connectivity index (χ2v) is 7.68. The summed E-state index contributed by atoms with van der Waals surface area (Å²) in [5, 5.41) is 3.61. The lowest BCUT2D eigenvalue weighted by atomic mass is 9.88. The fraction of sp³-hybridized carbons (Fsp3) is 0.333. The summed E-state index contributed by atoms with van der Waals surface area (Å²) in [4.78, 5) is 4.57. The van der Waals surface area contributed by atoms with E-state index in [-0.39, 0.29) is 5.82 Å². The summed E-state index contributed by atoms with van der Waals surface area (Å²) in [6.07, 6.45) is 5.75. The molecule has 0 unspecified atom stereocenters. The number of rotatable bonds is 5. The molecule has 2 aliphatic rings. The molecule has 28 heavy (non-hydrogen) atoms. The maximum Gasteiger partial charge on any atom is 0.123 e. The molecule has 2 aromatic rings. The second-order valence-electron chi connectivity index (χ2n) is 7.68. The van der Waals surface area contributed by atoms with Gasteiger partial charge in [-0.2, -0.15) is 0 Å². The molecule has 4 rings (SSSR count). The Morgan fingerprint density at radius 1 is 1.14 bits per heavy atom. The van der Waals surface area contributed by atoms with Gasteiger partial charge in [-0.3, -0.25) is 0 Å². The molecule has 0 amide bonds. The Hall–Kier alpha value is -2.59. The van der Waals surface area contributed by atoms with E-state index in [1.54, 1.807) is 18.3 Å². The number of hydrogen-bond acceptors (Lipinski definition) is 3. The Balaban J connectivity index is 1.66. The molecular formula is C24H28FN3. The van der Waals surface area contributed by atoms with Gasteiger partial charge in [0, 0.05) is 36.1 Å². The van der Waals surface area contributed by atoms with Crippen LogP contribution in [0.3, 0.4) is 0 Å². The highest BCUT2D eigenvalue weighted by Crippen LogP contribution is 2.48. The predicted octanol–water partition coefficient (Wildman–Crippen LogP) is 5.69. The van der Waals surface area contributed by atoms with Crippen LogP contribution in [0.15, 0.2) is 49.7 Å². The van der Waals surface area contributed by atoms with E-state index in [2.05, 4.69) is 42.4 Å². The third-order valence-electron chi connectivity index (χ3n) is 5.84. The van der Waals surface area contributed by atoms with Crippen molar-refractivity contribution in [3.8, 4) is 0 Å². The molecule has 0 saturated carbocycles. The molecule has 2 heterocycles. The average molecular weight is 378 g/mol. The Kier molecular flexibility index (Phi) is 5.23. The van der Waals surface area contributed by atoms with Crippen LogP contribution in [0.1, 0.15) is 36.0 Å². The summed E-state index contributed by atoms with van der Waals surface area (Å²) in [5.41, 5.74) is 6.89. The molecule has 1 saturated heterocycles. The number of nitrogens with zero attached hydrogens (tertiary/aromatic N) is 2. The van der Waals surface area contributed by atoms with Crippen molar-refractivity contribution in [2.75, 3.05) is 36.4 Å². The van der Waals surface area contributed by atoms with E-state index in [9.17, 15) is 4.39 Å². The summed E-state index contributed by atoms with van der Waals surface area (Å²) in [6, 6.07) is 9.10. The van der Waals surface area contributed by atoms with Gasteiger partial charge in [0.1, 0.15) is 5.82 Å². The quantitative estimate of drug-likeness (QED) is 0.722. The molecule has 2 aromatic carbocycles. The third kappa shape index (κ3) is 3.33. The summed E-state index contributed by atoms with van der Waals surface area (Å²) in [5.74, 6) is -0.250. The highest BCUT2D eigenvalue weighted by Gasteiger charge is 2.28. The number of anilines is 3. The number of hydrogen-bond donors (Lipinski definition) is 1. The average Bonchev–Trinajstić information content (AvgIpc) is 2.71. The van der Waals surface area contributed by atoms with Crippen molar-refractivity contribution in [2.24, 2.45) is 0 Å². The fourth-order valence-electron chi connectivity index (χ4n) is 4.40. The topological polar surface area (TPSA) is 18.5 Å². The van der Waals surface area contributed by atoms with Crippen LogP contribution in [0.25, 0.3) is 5.57 Å². The van der Waals surface area contributed by atoms with Crippen LogP contribution in [0.2, 0.25) is 0 Å². The van der Waals surface area contributed by atoms with Crippen LogP contribution < -0.4 is 10.2 Å². The van der Waals surface area contributed by atoms with Crippen LogP contribution in [0, 0.1) is 12.7 Å². The number of likely N-dealkylation sites (tertiary alicyclic amines) is 1. The largest absolute Gasteiger partial charge is 0.383 e. The van der Waals surface area contributed by atoms with E-state index < -0.39 is 0 Å². The van der Waals surface area contributed by atoms with Crippen molar-refractivity contribution in [3.63, 3.8) is 0 Å². The van der Waals surface area contributed by atoms with Gasteiger partial charge in [0.15, 0.2) is 0 Å². The van der Waals surface area contributed by atoms with Gasteiger partial charge >= 0.3 is 0 Å². The van der Waals surface area contributed by atoms with Gasteiger partial charge in [0.2, 0.25) is 0 Å². The Morgan fingerprint density at radius 3 is 2.68 bits per heavy atom. The molecule has 3 nitrogen and oxygen atoms in total. The highest BCUT2D eigenvalue weighted by atomic mass is 19.1. The number of piperidine rings is 1. The summed E-state index contributed by atoms with van der Waals surface area (Å²) in [7, 11) is 0. The van der Waals surface area contributed by atoms with Gasteiger partial charge in [-0.25, -0.2) is 4.39 Å². The number of nitrogens with one attached hydrogen (secondary N) is 1. The molecule has 0 aliphatic carbocycles. The minimum absolute atomic E-state index is 0.250. The number of benzene rings is 2. The molecule has 0 spiro atoms. The zero-order valence-corrected chi connectivity index (χ0v) is 16.6. The van der Waals surface area contributed by atoms with E-state index in [4.69, 9.17) is 0 Å². The van der Waals surface area contributed by atoms with Gasteiger partial charge in [-0.15, -0.1) is 0 Å². The zero-order chi connectivity index (χ0) is 19.7. The first-order valence-corrected chi connectivity index (χ1v) is 10.1. The van der Waals surface area contributed by atoms with Crippen molar-refractivity contribution in [3.05, 3.63) is 72.2 Å². The summed E-state index contributed by atoms with van der Waals surface area (Å²) >= 11 is 0. The predicted molar refractivity (Wildman–Crippen MR) is 117 cm³/mol. The van der Waals surface area contributed by atoms with Gasteiger partial charge in [-0.1, -0.05) is 25.6 Å². The van der Waals surface area contributed by atoms with Gasteiger partial charge < -0.3 is 15.1 Å². The Labute approximate surface area is 167 Å². The van der Waals surface area contributed by atoms with Crippen molar-refractivity contribution in [1.82, 2.24) is 4.90 Å². The molecule has 4 heteroatoms. The first-order chi connectivity index (χ1) is 13.6. The lowest BCUT2D eigenvalue weighted by Gasteiger charge is -2.35. The minimum Gasteiger partial charge on any atom is -0.383 e. The lowest BCUT2D eigenvalue weighted by molar-refractivity contribution is 0.237. The molecule has 1 N–H and O–H groups in total. The van der Waals surface area contributed by atoms with E-state index in [0.29, 0.717) is 0 Å². The number of halogens is 1. The number of aryl methyl sites for hydroxylation is 1. The molecule has 0 atom stereocenters. The Bertz CT molecular complexity index is 912. The zero-order valence-electron chi connectivity index (χ0n) is 16.6. The van der Waals surface area contributed by atoms with Crippen molar-refractivity contribution in [2.45, 2.75) is 26.2 Å². The summed E-state index contributed by atoms with van der Waals surface area (Å²) in [6.45, 7) is 14.7. The molecule has 146 valence electrons. The second kappa shape index (κ2) is 7.80. The van der Waals surface area contributed by atoms with E-state index in [1.807, 2.05) is 4.90 Å². The van der Waals surface area contributed by atoms with E-state index in [0.717, 1.165) is 52.4 Å². The lowest BCUT2D eigenvalue weighted by Crippen LogP contribution is -2.33. The standard InChI is InChI=1S/C24H28FN3/c1-4-28-22-11-9-19(25)16-20(22)18(3)23-21(10-8-17(2)24(23)28)26-12-15-27-13-6-5-7-14-27/h4,8-11,16,26H,1,3,5-7,12-15H2,2H3. The maximum absolute atomic E-state index is 14.0. The van der Waals surface area contributed by atoms with Crippen LogP contribution >= 0.6 is 0 Å². The molecule has 0 bridgehead atoms. The van der Waals surface area contributed by atoms with Crippen LogP contribution in [0.5, 0.6) is 0 Å². The minimum atomic E-state index is -0.250. The van der Waals surface area contributed by atoms with Crippen LogP contribution in [0.4, 0.5) is 21.5 Å². The van der Waals surface area contributed by atoms with Crippen LogP contribution in [-0.4, -0.2) is 31.1 Å². The van der Waals surface area contributed by atoms with Crippen molar-refractivity contribution in [1.29, 1.82) is 0 Å². The van der Waals surface area contributed by atoms with E-state index in [1.165, 1.54) is 38.4 Å². The maximum atomic E-state index is 14.0. The summed E-state index contributed by atoms with van der Waals surface area (Å²) < 4.78 is 14.0. The van der Waals surface area contributed by atoms with E-state index >= 15 is 0 Å². The molecule has 1 fully saturated rings. The number of fused-ring (bicyclic) bond motifs is 2. The first kappa shape index (κ1) is 18.8. The monoisotopic (exact) mass is 377 g/mol.